The minimum Gasteiger partial charge on any atom is -0.486 e. The van der Waals surface area contributed by atoms with E-state index in [1.807, 2.05) is 13.8 Å². The first kappa shape index (κ1) is 24.4. The first-order valence-electron chi connectivity index (χ1n) is 10.8. The van der Waals surface area contributed by atoms with E-state index in [9.17, 15) is 14.4 Å². The van der Waals surface area contributed by atoms with E-state index in [0.717, 1.165) is 0 Å². The quantitative estimate of drug-likeness (QED) is 0.612. The molecule has 3 amide bonds. The van der Waals surface area contributed by atoms with Crippen LogP contribution in [-0.4, -0.2) is 55.0 Å². The van der Waals surface area contributed by atoms with Crippen molar-refractivity contribution in [2.24, 2.45) is 5.92 Å². The number of nitrogens with one attached hydrogen (secondary N) is 2. The average molecular weight is 474 g/mol. The van der Waals surface area contributed by atoms with Gasteiger partial charge in [-0.05, 0) is 37.1 Å². The molecule has 1 unspecified atom stereocenters. The Labute approximate surface area is 198 Å². The van der Waals surface area contributed by atoms with Crippen LogP contribution in [0.3, 0.4) is 0 Å². The van der Waals surface area contributed by atoms with Gasteiger partial charge in [-0.2, -0.15) is 0 Å². The first-order chi connectivity index (χ1) is 15.8. The number of carbonyl (C=O) groups excluding carboxylic acids is 3. The summed E-state index contributed by atoms with van der Waals surface area (Å²) in [5.74, 6) is -0.154. The highest BCUT2D eigenvalue weighted by Gasteiger charge is 2.30. The molecule has 0 bridgehead atoms. The van der Waals surface area contributed by atoms with Crippen molar-refractivity contribution >= 4 is 35.0 Å². The zero-order valence-electron chi connectivity index (χ0n) is 18.9. The van der Waals surface area contributed by atoms with Crippen molar-refractivity contribution in [1.82, 2.24) is 10.2 Å². The monoisotopic (exact) mass is 473 g/mol. The highest BCUT2D eigenvalue weighted by molar-refractivity contribution is 6.33. The lowest BCUT2D eigenvalue weighted by atomic mass is 10.0. The van der Waals surface area contributed by atoms with Crippen molar-refractivity contribution in [3.63, 3.8) is 0 Å². The summed E-state index contributed by atoms with van der Waals surface area (Å²) in [4.78, 5) is 40.0. The number of anilines is 1. The number of fused-ring (bicyclic) bond motifs is 1. The zero-order chi connectivity index (χ0) is 24.0. The molecule has 176 valence electrons. The van der Waals surface area contributed by atoms with Gasteiger partial charge in [0.2, 0.25) is 11.8 Å². The third kappa shape index (κ3) is 6.16. The lowest BCUT2D eigenvalue weighted by Gasteiger charge is -2.29. The van der Waals surface area contributed by atoms with Crippen LogP contribution in [0.1, 0.15) is 31.1 Å². The smallest absolute Gasteiger partial charge is 0.253 e. The van der Waals surface area contributed by atoms with Gasteiger partial charge in [-0.1, -0.05) is 37.6 Å². The van der Waals surface area contributed by atoms with Crippen molar-refractivity contribution in [3.8, 4) is 11.5 Å². The van der Waals surface area contributed by atoms with Gasteiger partial charge < -0.3 is 25.0 Å². The van der Waals surface area contributed by atoms with Gasteiger partial charge in [0.15, 0.2) is 11.5 Å². The summed E-state index contributed by atoms with van der Waals surface area (Å²) in [6.45, 7) is 6.52. The van der Waals surface area contributed by atoms with E-state index in [2.05, 4.69) is 10.6 Å². The molecule has 1 aliphatic heterocycles. The molecule has 0 spiro atoms. The number of hydrogen-bond donors (Lipinski definition) is 2. The number of benzene rings is 2. The average Bonchev–Trinajstić information content (AvgIpc) is 2.80. The van der Waals surface area contributed by atoms with Crippen LogP contribution in [0.4, 0.5) is 5.69 Å². The molecular weight excluding hydrogens is 446 g/mol. The van der Waals surface area contributed by atoms with Gasteiger partial charge in [0.1, 0.15) is 19.3 Å². The Morgan fingerprint density at radius 2 is 1.76 bits per heavy atom. The summed E-state index contributed by atoms with van der Waals surface area (Å²) in [5, 5.41) is 5.85. The van der Waals surface area contributed by atoms with Crippen LogP contribution < -0.4 is 20.1 Å². The fraction of sp³-hybridized carbons (Fsp3) is 0.375. The van der Waals surface area contributed by atoms with E-state index in [4.69, 9.17) is 21.1 Å². The Morgan fingerprint density at radius 3 is 2.42 bits per heavy atom. The third-order valence-corrected chi connectivity index (χ3v) is 5.52. The lowest BCUT2D eigenvalue weighted by molar-refractivity contribution is -0.137. The number of hydrogen-bond acceptors (Lipinski definition) is 5. The van der Waals surface area contributed by atoms with Gasteiger partial charge in [-0.3, -0.25) is 14.4 Å². The van der Waals surface area contributed by atoms with Gasteiger partial charge in [0.25, 0.3) is 5.91 Å². The molecule has 2 N–H and O–H groups in total. The SMILES string of the molecule is CCN(CC(=O)Nc1ccc2c(c1)OCCO2)C(=O)C(NC(=O)c1ccccc1Cl)C(C)C. The molecule has 2 aromatic rings. The minimum absolute atomic E-state index is 0.158. The predicted octanol–water partition coefficient (Wildman–Crippen LogP) is 3.35. The summed E-state index contributed by atoms with van der Waals surface area (Å²) in [7, 11) is 0. The summed E-state index contributed by atoms with van der Waals surface area (Å²) in [5.41, 5.74) is 0.831. The molecule has 3 rings (SSSR count). The number of rotatable bonds is 8. The largest absolute Gasteiger partial charge is 0.486 e. The summed E-state index contributed by atoms with van der Waals surface area (Å²) >= 11 is 6.12. The molecule has 1 aliphatic rings. The number of halogens is 1. The van der Waals surface area contributed by atoms with Crippen molar-refractivity contribution in [3.05, 3.63) is 53.1 Å². The van der Waals surface area contributed by atoms with Crippen molar-refractivity contribution in [2.75, 3.05) is 31.6 Å². The highest BCUT2D eigenvalue weighted by Crippen LogP contribution is 2.32. The maximum Gasteiger partial charge on any atom is 0.253 e. The second-order valence-electron chi connectivity index (χ2n) is 7.93. The minimum atomic E-state index is -0.809. The third-order valence-electron chi connectivity index (χ3n) is 5.19. The summed E-state index contributed by atoms with van der Waals surface area (Å²) < 4.78 is 11.0. The zero-order valence-corrected chi connectivity index (χ0v) is 19.6. The molecule has 33 heavy (non-hydrogen) atoms. The van der Waals surface area contributed by atoms with Crippen molar-refractivity contribution in [2.45, 2.75) is 26.8 Å². The summed E-state index contributed by atoms with van der Waals surface area (Å²) in [6, 6.07) is 11.0. The van der Waals surface area contributed by atoms with Gasteiger partial charge >= 0.3 is 0 Å². The Morgan fingerprint density at radius 1 is 1.06 bits per heavy atom. The lowest BCUT2D eigenvalue weighted by Crippen LogP contribution is -2.52. The molecule has 1 atom stereocenters. The standard InChI is InChI=1S/C24H28ClN3O5/c1-4-28(14-21(29)26-16-9-10-19-20(13-16)33-12-11-32-19)24(31)22(15(2)3)27-23(30)17-7-5-6-8-18(17)25/h5-10,13,15,22H,4,11-12,14H2,1-3H3,(H,26,29)(H,27,30). The molecule has 0 radical (unpaired) electrons. The van der Waals surface area contributed by atoms with E-state index < -0.39 is 11.9 Å². The van der Waals surface area contributed by atoms with Crippen molar-refractivity contribution < 1.29 is 23.9 Å². The van der Waals surface area contributed by atoms with E-state index in [0.29, 0.717) is 42.0 Å². The van der Waals surface area contributed by atoms with Gasteiger partial charge in [-0.25, -0.2) is 0 Å². The van der Waals surface area contributed by atoms with E-state index in [1.165, 1.54) is 4.90 Å². The van der Waals surface area contributed by atoms with Crippen LogP contribution in [-0.2, 0) is 9.59 Å². The fourth-order valence-corrected chi connectivity index (χ4v) is 3.64. The molecule has 0 saturated heterocycles. The highest BCUT2D eigenvalue weighted by atomic mass is 35.5. The molecular formula is C24H28ClN3O5. The number of amides is 3. The van der Waals surface area contributed by atoms with Crippen molar-refractivity contribution in [1.29, 1.82) is 0 Å². The van der Waals surface area contributed by atoms with Crippen LogP contribution in [0.5, 0.6) is 11.5 Å². The van der Waals surface area contributed by atoms with Crippen LogP contribution in [0, 0.1) is 5.92 Å². The Kier molecular flexibility index (Phi) is 8.16. The number of ether oxygens (including phenoxy) is 2. The number of nitrogens with zero attached hydrogens (tertiary/aromatic N) is 1. The summed E-state index contributed by atoms with van der Waals surface area (Å²) in [6.07, 6.45) is 0. The van der Waals surface area contributed by atoms with E-state index >= 15 is 0 Å². The second kappa shape index (κ2) is 11.0. The number of likely N-dealkylation sites (N-methyl/N-ethyl adjacent to an activating group) is 1. The van der Waals surface area contributed by atoms with Gasteiger partial charge in [0.05, 0.1) is 17.1 Å². The van der Waals surface area contributed by atoms with Gasteiger partial charge in [0, 0.05) is 18.3 Å². The topological polar surface area (TPSA) is 97.0 Å². The second-order valence-corrected chi connectivity index (χ2v) is 8.34. The van der Waals surface area contributed by atoms with Crippen LogP contribution >= 0.6 is 11.6 Å². The molecule has 0 saturated carbocycles. The Bertz CT molecular complexity index is 1030. The molecule has 0 aliphatic carbocycles. The maximum absolute atomic E-state index is 13.2. The Hall–Kier alpha value is -3.26. The van der Waals surface area contributed by atoms with Crippen LogP contribution in [0.15, 0.2) is 42.5 Å². The molecule has 0 aromatic heterocycles. The molecule has 9 heteroatoms. The predicted molar refractivity (Wildman–Crippen MR) is 126 cm³/mol. The van der Waals surface area contributed by atoms with Gasteiger partial charge in [-0.15, -0.1) is 0 Å². The van der Waals surface area contributed by atoms with E-state index in [-0.39, 0.29) is 29.8 Å². The molecule has 0 fully saturated rings. The Balaban J connectivity index is 1.65. The normalized spacial score (nSPS) is 13.2. The number of carbonyl (C=O) groups is 3. The van der Waals surface area contributed by atoms with E-state index in [1.54, 1.807) is 49.4 Å². The first-order valence-corrected chi connectivity index (χ1v) is 11.2. The fourth-order valence-electron chi connectivity index (χ4n) is 3.42. The molecule has 1 heterocycles. The molecule has 8 nitrogen and oxygen atoms in total. The van der Waals surface area contributed by atoms with Crippen LogP contribution in [0.2, 0.25) is 5.02 Å². The van der Waals surface area contributed by atoms with Crippen LogP contribution in [0.25, 0.3) is 0 Å². The maximum atomic E-state index is 13.2. The molecule has 2 aromatic carbocycles.